The zero-order valence-corrected chi connectivity index (χ0v) is 18.1. The molecule has 0 spiro atoms. The molecule has 0 aliphatic rings. The van der Waals surface area contributed by atoms with Gasteiger partial charge in [-0.15, -0.1) is 0 Å². The standard InChI is InChI=1S/C18H31NO8S/c1-17(2,3)26-13(20)9-11(14(21)22)10-28-8-7-12(15(23)24)19-16(25)27-18(4,5)6/h11-12H,7-10H2,1-6H3,(H,19,25)(H,21,22)(H,23,24). The summed E-state index contributed by atoms with van der Waals surface area (Å²) in [5.74, 6) is -3.48. The quantitative estimate of drug-likeness (QED) is 0.358. The Labute approximate surface area is 169 Å². The van der Waals surface area contributed by atoms with Gasteiger partial charge in [-0.2, -0.15) is 11.8 Å². The summed E-state index contributed by atoms with van der Waals surface area (Å²) in [6, 6.07) is -1.16. The number of carbonyl (C=O) groups is 4. The third-order valence-electron chi connectivity index (χ3n) is 3.04. The molecule has 2 atom stereocenters. The van der Waals surface area contributed by atoms with E-state index in [1.165, 1.54) is 11.8 Å². The molecular weight excluding hydrogens is 390 g/mol. The number of nitrogens with one attached hydrogen (secondary N) is 1. The monoisotopic (exact) mass is 421 g/mol. The van der Waals surface area contributed by atoms with E-state index in [0.29, 0.717) is 0 Å². The van der Waals surface area contributed by atoms with E-state index < -0.39 is 47.2 Å². The number of rotatable bonds is 10. The molecule has 0 radical (unpaired) electrons. The first-order valence-electron chi connectivity index (χ1n) is 8.85. The lowest BCUT2D eigenvalue weighted by Crippen LogP contribution is -2.43. The Hall–Kier alpha value is -1.97. The van der Waals surface area contributed by atoms with Gasteiger partial charge in [0.05, 0.1) is 12.3 Å². The van der Waals surface area contributed by atoms with Gasteiger partial charge in [0, 0.05) is 5.75 Å². The van der Waals surface area contributed by atoms with Gasteiger partial charge in [0.25, 0.3) is 0 Å². The molecule has 2 unspecified atom stereocenters. The summed E-state index contributed by atoms with van der Waals surface area (Å²) in [6.45, 7) is 10.1. The molecule has 0 aromatic rings. The van der Waals surface area contributed by atoms with Crippen molar-refractivity contribution >= 4 is 35.8 Å². The molecule has 1 amide bonds. The van der Waals surface area contributed by atoms with Gasteiger partial charge in [0.1, 0.15) is 17.2 Å². The second-order valence-electron chi connectivity index (χ2n) is 8.23. The Kier molecular flexibility index (Phi) is 10.4. The first-order chi connectivity index (χ1) is 12.6. The van der Waals surface area contributed by atoms with Crippen molar-refractivity contribution in [3.05, 3.63) is 0 Å². The number of hydrogen-bond donors (Lipinski definition) is 3. The fourth-order valence-corrected chi connectivity index (χ4v) is 3.05. The molecule has 9 nitrogen and oxygen atoms in total. The van der Waals surface area contributed by atoms with E-state index in [2.05, 4.69) is 5.32 Å². The third kappa shape index (κ3) is 13.2. The van der Waals surface area contributed by atoms with Gasteiger partial charge < -0.3 is 25.0 Å². The molecule has 0 fully saturated rings. The lowest BCUT2D eigenvalue weighted by molar-refractivity contribution is -0.159. The molecule has 0 saturated heterocycles. The van der Waals surface area contributed by atoms with Crippen LogP contribution in [0.15, 0.2) is 0 Å². The molecule has 3 N–H and O–H groups in total. The molecule has 0 saturated carbocycles. The average molecular weight is 422 g/mol. The predicted molar refractivity (Wildman–Crippen MR) is 104 cm³/mol. The van der Waals surface area contributed by atoms with Crippen molar-refractivity contribution in [2.24, 2.45) is 5.92 Å². The number of carboxylic acid groups (broad SMARTS) is 2. The minimum Gasteiger partial charge on any atom is -0.481 e. The van der Waals surface area contributed by atoms with E-state index in [4.69, 9.17) is 9.47 Å². The number of amides is 1. The first kappa shape index (κ1) is 26.0. The van der Waals surface area contributed by atoms with Crippen molar-refractivity contribution in [1.29, 1.82) is 0 Å². The van der Waals surface area contributed by atoms with E-state index in [9.17, 15) is 29.4 Å². The Bertz CT molecular complexity index is 515. The largest absolute Gasteiger partial charge is 0.481 e. The van der Waals surface area contributed by atoms with Crippen LogP contribution in [0.3, 0.4) is 0 Å². The number of thioether (sulfide) groups is 1. The minimum absolute atomic E-state index is 0.0814. The Balaban J connectivity index is 4.51. The van der Waals surface area contributed by atoms with Gasteiger partial charge in [0.2, 0.25) is 0 Å². The van der Waals surface area contributed by atoms with E-state index in [-0.39, 0.29) is 24.3 Å². The molecule has 0 aromatic carbocycles. The van der Waals surface area contributed by atoms with Gasteiger partial charge in [-0.3, -0.25) is 9.59 Å². The zero-order valence-electron chi connectivity index (χ0n) is 17.2. The van der Waals surface area contributed by atoms with Crippen molar-refractivity contribution in [3.63, 3.8) is 0 Å². The summed E-state index contributed by atoms with van der Waals surface area (Å²) >= 11 is 1.19. The van der Waals surface area contributed by atoms with Crippen molar-refractivity contribution in [3.8, 4) is 0 Å². The van der Waals surface area contributed by atoms with Crippen molar-refractivity contribution in [2.75, 3.05) is 11.5 Å². The predicted octanol–water partition coefficient (Wildman–Crippen LogP) is 2.52. The Morgan fingerprint density at radius 1 is 0.929 bits per heavy atom. The maximum Gasteiger partial charge on any atom is 0.408 e. The highest BCUT2D eigenvalue weighted by molar-refractivity contribution is 7.99. The number of carbonyl (C=O) groups excluding carboxylic acids is 2. The molecule has 0 heterocycles. The molecule has 0 aliphatic heterocycles. The van der Waals surface area contributed by atoms with Gasteiger partial charge in [-0.25, -0.2) is 9.59 Å². The van der Waals surface area contributed by atoms with Crippen LogP contribution in [0.4, 0.5) is 4.79 Å². The fourth-order valence-electron chi connectivity index (χ4n) is 1.94. The molecular formula is C18H31NO8S. The number of alkyl carbamates (subject to hydrolysis) is 1. The lowest BCUT2D eigenvalue weighted by atomic mass is 10.1. The van der Waals surface area contributed by atoms with Crippen LogP contribution in [0.2, 0.25) is 0 Å². The first-order valence-corrected chi connectivity index (χ1v) is 10.0. The highest BCUT2D eigenvalue weighted by Crippen LogP contribution is 2.18. The molecule has 0 aromatic heterocycles. The molecule has 10 heteroatoms. The highest BCUT2D eigenvalue weighted by atomic mass is 32.2. The van der Waals surface area contributed by atoms with Crippen molar-refractivity contribution < 1.29 is 38.9 Å². The fraction of sp³-hybridized carbons (Fsp3) is 0.778. The number of ether oxygens (including phenoxy) is 2. The van der Waals surface area contributed by atoms with E-state index in [1.54, 1.807) is 41.5 Å². The Morgan fingerprint density at radius 2 is 1.46 bits per heavy atom. The normalized spacial score (nSPS) is 13.9. The van der Waals surface area contributed by atoms with E-state index >= 15 is 0 Å². The second kappa shape index (κ2) is 11.1. The Morgan fingerprint density at radius 3 is 1.89 bits per heavy atom. The maximum atomic E-state index is 11.8. The summed E-state index contributed by atoms with van der Waals surface area (Å²) in [5, 5.41) is 20.7. The van der Waals surface area contributed by atoms with Gasteiger partial charge in [-0.1, -0.05) is 0 Å². The van der Waals surface area contributed by atoms with Crippen LogP contribution in [0.25, 0.3) is 0 Å². The van der Waals surface area contributed by atoms with Gasteiger partial charge in [-0.05, 0) is 53.7 Å². The zero-order chi connectivity index (χ0) is 22.1. The number of esters is 1. The van der Waals surface area contributed by atoms with Crippen LogP contribution in [0, 0.1) is 5.92 Å². The summed E-state index contributed by atoms with van der Waals surface area (Å²) in [6.07, 6.45) is -1.02. The average Bonchev–Trinajstić information content (AvgIpc) is 2.44. The van der Waals surface area contributed by atoms with Gasteiger partial charge in [0.15, 0.2) is 0 Å². The molecule has 0 bridgehead atoms. The molecule has 28 heavy (non-hydrogen) atoms. The van der Waals surface area contributed by atoms with Crippen LogP contribution in [-0.4, -0.2) is 63.0 Å². The van der Waals surface area contributed by atoms with Crippen LogP contribution in [0.1, 0.15) is 54.4 Å². The second-order valence-corrected chi connectivity index (χ2v) is 9.38. The van der Waals surface area contributed by atoms with Crippen LogP contribution < -0.4 is 5.32 Å². The van der Waals surface area contributed by atoms with Crippen molar-refractivity contribution in [1.82, 2.24) is 5.32 Å². The topological polar surface area (TPSA) is 139 Å². The van der Waals surface area contributed by atoms with Gasteiger partial charge >= 0.3 is 24.0 Å². The minimum atomic E-state index is -1.21. The van der Waals surface area contributed by atoms with Crippen molar-refractivity contribution in [2.45, 2.75) is 71.6 Å². The molecule has 0 aliphatic carbocycles. The van der Waals surface area contributed by atoms with Crippen LogP contribution in [0.5, 0.6) is 0 Å². The lowest BCUT2D eigenvalue weighted by Gasteiger charge is -2.22. The SMILES string of the molecule is CC(C)(C)OC(=O)CC(CSCCC(NC(=O)OC(C)(C)C)C(=O)O)C(=O)O. The number of hydrogen-bond acceptors (Lipinski definition) is 7. The van der Waals surface area contributed by atoms with E-state index in [0.717, 1.165) is 0 Å². The van der Waals surface area contributed by atoms with Crippen LogP contribution in [-0.2, 0) is 23.9 Å². The number of carboxylic acids is 2. The third-order valence-corrected chi connectivity index (χ3v) is 4.20. The smallest absolute Gasteiger partial charge is 0.408 e. The van der Waals surface area contributed by atoms with E-state index in [1.807, 2.05) is 0 Å². The molecule has 0 rings (SSSR count). The highest BCUT2D eigenvalue weighted by Gasteiger charge is 2.26. The van der Waals surface area contributed by atoms with Crippen LogP contribution >= 0.6 is 11.8 Å². The number of aliphatic carboxylic acids is 2. The summed E-state index contributed by atoms with van der Waals surface area (Å²) in [5.41, 5.74) is -1.45. The molecule has 162 valence electrons. The summed E-state index contributed by atoms with van der Waals surface area (Å²) in [7, 11) is 0. The summed E-state index contributed by atoms with van der Waals surface area (Å²) < 4.78 is 10.2. The summed E-state index contributed by atoms with van der Waals surface area (Å²) in [4.78, 5) is 46.1. The maximum absolute atomic E-state index is 11.8.